The van der Waals surface area contributed by atoms with Gasteiger partial charge in [0.05, 0.1) is 19.1 Å². The van der Waals surface area contributed by atoms with Crippen molar-refractivity contribution in [2.24, 2.45) is 4.99 Å². The number of amides is 1. The van der Waals surface area contributed by atoms with E-state index >= 15 is 0 Å². The Morgan fingerprint density at radius 3 is 2.35 bits per heavy atom. The molecule has 0 bridgehead atoms. The molecule has 1 saturated heterocycles. The highest BCUT2D eigenvalue weighted by Gasteiger charge is 2.26. The van der Waals surface area contributed by atoms with Gasteiger partial charge in [-0.05, 0) is 54.8 Å². The largest absolute Gasteiger partial charge is 0.497 e. The molecule has 2 aliphatic rings. The molecule has 23 heavy (non-hydrogen) atoms. The molecule has 6 heteroatoms. The van der Waals surface area contributed by atoms with E-state index in [0.29, 0.717) is 16.4 Å². The molecule has 0 aliphatic carbocycles. The highest BCUT2D eigenvalue weighted by molar-refractivity contribution is 8.18. The smallest absolute Gasteiger partial charge is 0.286 e. The van der Waals surface area contributed by atoms with E-state index in [1.807, 2.05) is 18.2 Å². The molecular formula is C17H20N2O3S. The van der Waals surface area contributed by atoms with Crippen molar-refractivity contribution in [1.29, 1.82) is 0 Å². The van der Waals surface area contributed by atoms with Crippen LogP contribution in [-0.2, 0) is 4.79 Å². The Morgan fingerprint density at radius 1 is 1.09 bits per heavy atom. The normalized spacial score (nSPS) is 19.9. The number of likely N-dealkylation sites (tertiary alicyclic amines) is 1. The highest BCUT2D eigenvalue weighted by Crippen LogP contribution is 2.33. The zero-order valence-electron chi connectivity index (χ0n) is 13.4. The number of amidine groups is 1. The van der Waals surface area contributed by atoms with Crippen LogP contribution in [0.15, 0.2) is 28.1 Å². The summed E-state index contributed by atoms with van der Waals surface area (Å²) in [6.45, 7) is 1.97. The molecule has 122 valence electrons. The number of carbonyl (C=O) groups excluding carboxylic acids is 1. The van der Waals surface area contributed by atoms with E-state index in [4.69, 9.17) is 9.47 Å². The van der Waals surface area contributed by atoms with Gasteiger partial charge in [0.15, 0.2) is 5.17 Å². The molecule has 5 nitrogen and oxygen atoms in total. The van der Waals surface area contributed by atoms with Crippen LogP contribution in [0.1, 0.15) is 24.8 Å². The van der Waals surface area contributed by atoms with Gasteiger partial charge in [0.2, 0.25) is 0 Å². The van der Waals surface area contributed by atoms with E-state index < -0.39 is 0 Å². The standard InChI is InChI=1S/C17H20N2O3S/c1-21-13-8-12(9-14(11-13)22-2)10-15-16(20)18-17(23-15)19-6-4-3-5-7-19/h8-11H,3-7H2,1-2H3. The van der Waals surface area contributed by atoms with Crippen LogP contribution in [0.5, 0.6) is 11.5 Å². The van der Waals surface area contributed by atoms with Crippen molar-refractivity contribution in [1.82, 2.24) is 4.90 Å². The third-order valence-electron chi connectivity index (χ3n) is 3.91. The van der Waals surface area contributed by atoms with Gasteiger partial charge in [0.25, 0.3) is 5.91 Å². The number of piperidine rings is 1. The summed E-state index contributed by atoms with van der Waals surface area (Å²) >= 11 is 1.45. The lowest BCUT2D eigenvalue weighted by Crippen LogP contribution is -2.33. The summed E-state index contributed by atoms with van der Waals surface area (Å²) in [5.74, 6) is 1.23. The molecule has 0 atom stereocenters. The van der Waals surface area contributed by atoms with Crippen LogP contribution in [0.2, 0.25) is 0 Å². The van der Waals surface area contributed by atoms with Gasteiger partial charge in [0, 0.05) is 19.2 Å². The zero-order valence-corrected chi connectivity index (χ0v) is 14.2. The predicted octanol–water partition coefficient (Wildman–Crippen LogP) is 3.16. The first-order valence-electron chi connectivity index (χ1n) is 7.70. The van der Waals surface area contributed by atoms with Gasteiger partial charge in [-0.25, -0.2) is 0 Å². The number of nitrogens with zero attached hydrogens (tertiary/aromatic N) is 2. The number of hydrogen-bond acceptors (Lipinski definition) is 5. The lowest BCUT2D eigenvalue weighted by molar-refractivity contribution is -0.113. The fourth-order valence-electron chi connectivity index (χ4n) is 2.68. The number of methoxy groups -OCH3 is 2. The minimum absolute atomic E-state index is 0.169. The highest BCUT2D eigenvalue weighted by atomic mass is 32.2. The Morgan fingerprint density at radius 2 is 1.74 bits per heavy atom. The topological polar surface area (TPSA) is 51.1 Å². The van der Waals surface area contributed by atoms with Crippen molar-refractivity contribution in [2.75, 3.05) is 27.3 Å². The summed E-state index contributed by atoms with van der Waals surface area (Å²) in [7, 11) is 3.22. The van der Waals surface area contributed by atoms with Crippen LogP contribution >= 0.6 is 11.8 Å². The molecule has 2 heterocycles. The van der Waals surface area contributed by atoms with E-state index in [2.05, 4.69) is 9.89 Å². The maximum atomic E-state index is 12.2. The Balaban J connectivity index is 1.80. The van der Waals surface area contributed by atoms with Crippen LogP contribution in [0.25, 0.3) is 6.08 Å². The molecule has 1 aromatic rings. The lowest BCUT2D eigenvalue weighted by atomic mass is 10.1. The summed E-state index contributed by atoms with van der Waals surface area (Å²) in [4.78, 5) is 19.2. The first-order valence-corrected chi connectivity index (χ1v) is 8.52. The molecule has 0 N–H and O–H groups in total. The van der Waals surface area contributed by atoms with Gasteiger partial charge in [-0.1, -0.05) is 0 Å². The summed E-state index contributed by atoms with van der Waals surface area (Å²) < 4.78 is 10.5. The first-order chi connectivity index (χ1) is 11.2. The molecule has 0 radical (unpaired) electrons. The molecule has 3 rings (SSSR count). The van der Waals surface area contributed by atoms with Crippen molar-refractivity contribution in [3.8, 4) is 11.5 Å². The molecule has 0 saturated carbocycles. The van der Waals surface area contributed by atoms with Gasteiger partial charge < -0.3 is 14.4 Å². The van der Waals surface area contributed by atoms with Crippen molar-refractivity contribution in [3.63, 3.8) is 0 Å². The van der Waals surface area contributed by atoms with Crippen molar-refractivity contribution < 1.29 is 14.3 Å². The van der Waals surface area contributed by atoms with Gasteiger partial charge in [-0.2, -0.15) is 4.99 Å². The maximum absolute atomic E-state index is 12.2. The van der Waals surface area contributed by atoms with Crippen LogP contribution in [-0.4, -0.2) is 43.3 Å². The van der Waals surface area contributed by atoms with Crippen LogP contribution in [0.4, 0.5) is 0 Å². The van der Waals surface area contributed by atoms with Gasteiger partial charge >= 0.3 is 0 Å². The zero-order chi connectivity index (χ0) is 16.2. The quantitative estimate of drug-likeness (QED) is 0.796. The monoisotopic (exact) mass is 332 g/mol. The summed E-state index contributed by atoms with van der Waals surface area (Å²) in [5.41, 5.74) is 0.868. The Bertz CT molecular complexity index is 642. The minimum atomic E-state index is -0.169. The molecule has 2 aliphatic heterocycles. The van der Waals surface area contributed by atoms with Crippen LogP contribution < -0.4 is 9.47 Å². The van der Waals surface area contributed by atoms with Gasteiger partial charge in [-0.15, -0.1) is 0 Å². The molecule has 1 amide bonds. The number of carbonyl (C=O) groups is 1. The van der Waals surface area contributed by atoms with Crippen molar-refractivity contribution in [3.05, 3.63) is 28.7 Å². The van der Waals surface area contributed by atoms with E-state index in [-0.39, 0.29) is 5.91 Å². The maximum Gasteiger partial charge on any atom is 0.286 e. The number of ether oxygens (including phenoxy) is 2. The third-order valence-corrected chi connectivity index (χ3v) is 4.95. The van der Waals surface area contributed by atoms with Crippen LogP contribution in [0.3, 0.4) is 0 Å². The number of aliphatic imine (C=N–C) groups is 1. The molecule has 1 aromatic carbocycles. The third kappa shape index (κ3) is 3.69. The average Bonchev–Trinajstić information content (AvgIpc) is 2.96. The fourth-order valence-corrected chi connectivity index (χ4v) is 3.65. The van der Waals surface area contributed by atoms with E-state index in [1.54, 1.807) is 20.3 Å². The minimum Gasteiger partial charge on any atom is -0.497 e. The van der Waals surface area contributed by atoms with Gasteiger partial charge in [-0.3, -0.25) is 4.79 Å². The summed E-state index contributed by atoms with van der Waals surface area (Å²) in [6.07, 6.45) is 5.44. The first kappa shape index (κ1) is 15.9. The lowest BCUT2D eigenvalue weighted by Gasteiger charge is -2.27. The van der Waals surface area contributed by atoms with Crippen molar-refractivity contribution >= 4 is 28.9 Å². The Kier molecular flexibility index (Phi) is 4.91. The second-order valence-electron chi connectivity index (χ2n) is 5.50. The summed E-state index contributed by atoms with van der Waals surface area (Å²) in [5, 5.41) is 0.829. The summed E-state index contributed by atoms with van der Waals surface area (Å²) in [6, 6.07) is 5.56. The number of benzene rings is 1. The second kappa shape index (κ2) is 7.08. The SMILES string of the molecule is COc1cc(C=C2SC(N3CCCCC3)=NC2=O)cc(OC)c1. The Labute approximate surface area is 140 Å². The van der Waals surface area contributed by atoms with E-state index in [0.717, 1.165) is 23.8 Å². The van der Waals surface area contributed by atoms with E-state index in [1.165, 1.54) is 31.0 Å². The van der Waals surface area contributed by atoms with Gasteiger partial charge in [0.1, 0.15) is 11.5 Å². The predicted molar refractivity (Wildman–Crippen MR) is 93.0 cm³/mol. The number of thioether (sulfide) groups is 1. The molecule has 0 aromatic heterocycles. The molecule has 0 unspecified atom stereocenters. The number of rotatable bonds is 3. The molecule has 1 fully saturated rings. The average molecular weight is 332 g/mol. The van der Waals surface area contributed by atoms with Crippen molar-refractivity contribution in [2.45, 2.75) is 19.3 Å². The Hall–Kier alpha value is -1.95. The van der Waals surface area contributed by atoms with Crippen LogP contribution in [0, 0.1) is 0 Å². The fraction of sp³-hybridized carbons (Fsp3) is 0.412. The number of hydrogen-bond donors (Lipinski definition) is 0. The second-order valence-corrected chi connectivity index (χ2v) is 6.51. The van der Waals surface area contributed by atoms with E-state index in [9.17, 15) is 4.79 Å². The molecule has 0 spiro atoms. The molecular weight excluding hydrogens is 312 g/mol.